The highest BCUT2D eigenvalue weighted by Gasteiger charge is 2.20. The number of carbonyl (C=O) groups is 3. The number of aromatic nitrogens is 2. The Morgan fingerprint density at radius 3 is 2.51 bits per heavy atom. The molecule has 5 N–H and O–H groups in total. The third-order valence-electron chi connectivity index (χ3n) is 6.43. The lowest BCUT2D eigenvalue weighted by atomic mass is 10.1. The minimum absolute atomic E-state index is 0.0935. The Labute approximate surface area is 248 Å². The number of urea groups is 1. The zero-order valence-electron chi connectivity index (χ0n) is 23.0. The molecule has 4 amide bonds. The topological polar surface area (TPSA) is 140 Å². The summed E-state index contributed by atoms with van der Waals surface area (Å²) in [6.45, 7) is 3.95. The molecule has 1 aliphatic rings. The summed E-state index contributed by atoms with van der Waals surface area (Å²) in [4.78, 5) is 47.5. The molecule has 1 unspecified atom stereocenters. The van der Waals surface area contributed by atoms with Gasteiger partial charge in [0.05, 0.1) is 4.47 Å². The van der Waals surface area contributed by atoms with Crippen molar-refractivity contribution in [2.45, 2.75) is 38.6 Å². The molecule has 0 aliphatic carbocycles. The molecule has 4 rings (SSSR count). The number of nitrogens with one attached hydrogen (secondary N) is 5. The van der Waals surface area contributed by atoms with Gasteiger partial charge in [0.2, 0.25) is 17.8 Å². The quantitative estimate of drug-likeness (QED) is 0.190. The standard InChI is InChI=1S/C29H35BrN8O3/c1-20(39)34-25(17-21-9-3-2-4-10-21)27(40)32-14-8-13-31-26-24(30)19-33-28(37-26)35-22-11-7-12-23(18-22)36-29(41)38-15-5-6-16-38/h2-4,7,9-12,18-19,25H,5-6,8,13-17H2,1H3,(H,32,40)(H,34,39)(H,36,41)(H2,31,33,35,37). The second-order valence-corrected chi connectivity index (χ2v) is 10.6. The summed E-state index contributed by atoms with van der Waals surface area (Å²) < 4.78 is 0.701. The van der Waals surface area contributed by atoms with Crippen LogP contribution in [0.1, 0.15) is 31.7 Å². The molecule has 0 saturated carbocycles. The summed E-state index contributed by atoms with van der Waals surface area (Å²) in [6, 6.07) is 16.2. The van der Waals surface area contributed by atoms with Crippen LogP contribution in [0.15, 0.2) is 65.3 Å². The van der Waals surface area contributed by atoms with Crippen LogP contribution >= 0.6 is 15.9 Å². The maximum Gasteiger partial charge on any atom is 0.321 e. The summed E-state index contributed by atoms with van der Waals surface area (Å²) >= 11 is 3.48. The van der Waals surface area contributed by atoms with E-state index in [1.807, 2.05) is 59.5 Å². The molecule has 1 aliphatic heterocycles. The Morgan fingerprint density at radius 1 is 1.00 bits per heavy atom. The zero-order chi connectivity index (χ0) is 29.0. The molecule has 3 aromatic rings. The van der Waals surface area contributed by atoms with Crippen LogP contribution in [0.2, 0.25) is 0 Å². The predicted molar refractivity (Wildman–Crippen MR) is 163 cm³/mol. The molecule has 11 nitrogen and oxygen atoms in total. The highest BCUT2D eigenvalue weighted by atomic mass is 79.9. The lowest BCUT2D eigenvalue weighted by Crippen LogP contribution is -2.47. The van der Waals surface area contributed by atoms with Gasteiger partial charge in [-0.3, -0.25) is 9.59 Å². The van der Waals surface area contributed by atoms with Crippen LogP contribution in [-0.4, -0.2) is 64.9 Å². The Morgan fingerprint density at radius 2 is 1.76 bits per heavy atom. The van der Waals surface area contributed by atoms with E-state index in [1.165, 1.54) is 6.92 Å². The molecule has 1 fully saturated rings. The van der Waals surface area contributed by atoms with Crippen molar-refractivity contribution >= 4 is 56.9 Å². The predicted octanol–water partition coefficient (Wildman–Crippen LogP) is 4.28. The van der Waals surface area contributed by atoms with Crippen LogP contribution in [0.25, 0.3) is 0 Å². The van der Waals surface area contributed by atoms with Crippen molar-refractivity contribution in [2.24, 2.45) is 0 Å². The van der Waals surface area contributed by atoms with E-state index in [9.17, 15) is 14.4 Å². The van der Waals surface area contributed by atoms with Gasteiger partial charge in [-0.05, 0) is 59.0 Å². The Bertz CT molecular complexity index is 1330. The molecular weight excluding hydrogens is 588 g/mol. The maximum absolute atomic E-state index is 12.7. The lowest BCUT2D eigenvalue weighted by molar-refractivity contribution is -0.128. The number of anilines is 4. The summed E-state index contributed by atoms with van der Waals surface area (Å²) in [7, 11) is 0. The van der Waals surface area contributed by atoms with Gasteiger partial charge in [0.1, 0.15) is 11.9 Å². The van der Waals surface area contributed by atoms with E-state index >= 15 is 0 Å². The van der Waals surface area contributed by atoms with Gasteiger partial charge < -0.3 is 31.5 Å². The molecule has 0 radical (unpaired) electrons. The van der Waals surface area contributed by atoms with Crippen molar-refractivity contribution in [3.63, 3.8) is 0 Å². The number of hydrogen-bond donors (Lipinski definition) is 5. The number of carbonyl (C=O) groups excluding carboxylic acids is 3. The monoisotopic (exact) mass is 622 g/mol. The Hall–Kier alpha value is -4.19. The molecular formula is C29H35BrN8O3. The number of nitrogens with zero attached hydrogens (tertiary/aromatic N) is 3. The van der Waals surface area contributed by atoms with Crippen LogP contribution in [0.5, 0.6) is 0 Å². The van der Waals surface area contributed by atoms with Gasteiger partial charge in [-0.25, -0.2) is 9.78 Å². The van der Waals surface area contributed by atoms with Crippen molar-refractivity contribution in [3.05, 3.63) is 70.8 Å². The average Bonchev–Trinajstić information content (AvgIpc) is 3.50. The molecule has 216 valence electrons. The van der Waals surface area contributed by atoms with Gasteiger partial charge in [-0.1, -0.05) is 36.4 Å². The SMILES string of the molecule is CC(=O)NC(Cc1ccccc1)C(=O)NCCCNc1nc(Nc2cccc(NC(=O)N3CCCC3)c2)ncc1Br. The van der Waals surface area contributed by atoms with Crippen LogP contribution in [-0.2, 0) is 16.0 Å². The molecule has 0 spiro atoms. The second kappa shape index (κ2) is 15.0. The first-order valence-corrected chi connectivity index (χ1v) is 14.4. The van der Waals surface area contributed by atoms with E-state index in [0.717, 1.165) is 37.2 Å². The van der Waals surface area contributed by atoms with Crippen LogP contribution in [0, 0.1) is 0 Å². The smallest absolute Gasteiger partial charge is 0.321 e. The van der Waals surface area contributed by atoms with Crippen LogP contribution < -0.4 is 26.6 Å². The van der Waals surface area contributed by atoms with E-state index in [0.29, 0.717) is 47.9 Å². The number of likely N-dealkylation sites (tertiary alicyclic amines) is 1. The van der Waals surface area contributed by atoms with E-state index in [2.05, 4.69) is 52.5 Å². The first-order valence-electron chi connectivity index (χ1n) is 13.7. The molecule has 2 aromatic carbocycles. The van der Waals surface area contributed by atoms with Crippen molar-refractivity contribution in [3.8, 4) is 0 Å². The van der Waals surface area contributed by atoms with Crippen LogP contribution in [0.4, 0.5) is 27.9 Å². The van der Waals surface area contributed by atoms with E-state index in [1.54, 1.807) is 6.20 Å². The summed E-state index contributed by atoms with van der Waals surface area (Å²) in [6.07, 6.45) is 4.78. The van der Waals surface area contributed by atoms with Gasteiger partial charge in [0, 0.05) is 57.1 Å². The number of halogens is 1. The highest BCUT2D eigenvalue weighted by Crippen LogP contribution is 2.23. The van der Waals surface area contributed by atoms with Gasteiger partial charge >= 0.3 is 6.03 Å². The fraction of sp³-hybridized carbons (Fsp3) is 0.345. The molecule has 41 heavy (non-hydrogen) atoms. The molecule has 1 atom stereocenters. The minimum atomic E-state index is -0.639. The fourth-order valence-corrected chi connectivity index (χ4v) is 4.74. The van der Waals surface area contributed by atoms with Gasteiger partial charge in [0.25, 0.3) is 0 Å². The first kappa shape index (κ1) is 29.8. The summed E-state index contributed by atoms with van der Waals surface area (Å²) in [5.41, 5.74) is 2.40. The highest BCUT2D eigenvalue weighted by molar-refractivity contribution is 9.10. The van der Waals surface area contributed by atoms with Crippen molar-refractivity contribution < 1.29 is 14.4 Å². The van der Waals surface area contributed by atoms with Gasteiger partial charge in [-0.2, -0.15) is 4.98 Å². The largest absolute Gasteiger partial charge is 0.369 e. The minimum Gasteiger partial charge on any atom is -0.369 e. The van der Waals surface area contributed by atoms with Gasteiger partial charge in [-0.15, -0.1) is 0 Å². The number of amides is 4. The van der Waals surface area contributed by atoms with E-state index in [4.69, 9.17) is 0 Å². The molecule has 12 heteroatoms. The number of hydrogen-bond acceptors (Lipinski definition) is 7. The van der Waals surface area contributed by atoms with Crippen molar-refractivity contribution in [1.29, 1.82) is 0 Å². The Balaban J connectivity index is 1.25. The zero-order valence-corrected chi connectivity index (χ0v) is 24.5. The van der Waals surface area contributed by atoms with Crippen molar-refractivity contribution in [1.82, 2.24) is 25.5 Å². The molecule has 0 bridgehead atoms. The molecule has 2 heterocycles. The lowest BCUT2D eigenvalue weighted by Gasteiger charge is -2.18. The van der Waals surface area contributed by atoms with E-state index in [-0.39, 0.29) is 17.8 Å². The number of rotatable bonds is 12. The molecule has 1 aromatic heterocycles. The molecule has 1 saturated heterocycles. The normalized spacial score (nSPS) is 13.3. The third kappa shape index (κ3) is 9.45. The maximum atomic E-state index is 12.7. The number of benzene rings is 2. The average molecular weight is 624 g/mol. The summed E-state index contributed by atoms with van der Waals surface area (Å²) in [5, 5.41) is 15.0. The van der Waals surface area contributed by atoms with E-state index < -0.39 is 6.04 Å². The first-order chi connectivity index (χ1) is 19.9. The van der Waals surface area contributed by atoms with Crippen LogP contribution in [0.3, 0.4) is 0 Å². The summed E-state index contributed by atoms with van der Waals surface area (Å²) in [5.74, 6) is 0.524. The van der Waals surface area contributed by atoms with Gasteiger partial charge in [0.15, 0.2) is 0 Å². The fourth-order valence-electron chi connectivity index (χ4n) is 4.41. The van der Waals surface area contributed by atoms with Crippen molar-refractivity contribution in [2.75, 3.05) is 42.1 Å². The third-order valence-corrected chi connectivity index (χ3v) is 7.01. The second-order valence-electron chi connectivity index (χ2n) is 9.73. The Kier molecular flexibility index (Phi) is 10.9.